The van der Waals surface area contributed by atoms with Crippen LogP contribution in [0.4, 0.5) is 0 Å². The van der Waals surface area contributed by atoms with Crippen LogP contribution in [0.1, 0.15) is 111 Å². The number of rotatable bonds is 16. The Kier molecular flexibility index (Phi) is 18.6. The van der Waals surface area contributed by atoms with Crippen molar-refractivity contribution < 1.29 is 33.8 Å². The first kappa shape index (κ1) is 44.1. The number of methoxy groups -OCH3 is 2. The van der Waals surface area contributed by atoms with Gasteiger partial charge in [-0.1, -0.05) is 76.8 Å². The van der Waals surface area contributed by atoms with Gasteiger partial charge in [-0.2, -0.15) is 0 Å². The van der Waals surface area contributed by atoms with Crippen LogP contribution in [0.3, 0.4) is 0 Å². The number of nitrogens with two attached hydrogens (primary N) is 1. The van der Waals surface area contributed by atoms with E-state index in [1.165, 1.54) is 6.42 Å². The first-order valence-corrected chi connectivity index (χ1v) is 18.8. The van der Waals surface area contributed by atoms with Crippen molar-refractivity contribution in [3.05, 3.63) is 35.9 Å². The summed E-state index contributed by atoms with van der Waals surface area (Å²) >= 11 is 0. The summed E-state index contributed by atoms with van der Waals surface area (Å²) in [4.78, 5) is 56.6. The molecule has 0 spiro atoms. The highest BCUT2D eigenvalue weighted by Crippen LogP contribution is 2.34. The minimum atomic E-state index is -1.12. The molecule has 0 bridgehead atoms. The quantitative estimate of drug-likeness (QED) is 0.200. The molecule has 2 fully saturated rings. The molecule has 7 atom stereocenters. The molecule has 2 aliphatic rings. The van der Waals surface area contributed by atoms with E-state index in [0.29, 0.717) is 18.5 Å². The average molecular weight is 718 g/mol. The molecule has 51 heavy (non-hydrogen) atoms. The Morgan fingerprint density at radius 3 is 2.16 bits per heavy atom. The number of nitrogens with zero attached hydrogens (tertiary/aromatic N) is 2. The number of nitrogens with one attached hydrogen (secondary N) is 2. The van der Waals surface area contributed by atoms with Crippen LogP contribution in [0.25, 0.3) is 0 Å². The molecule has 7 unspecified atom stereocenters. The molecule has 0 aromatic heterocycles. The summed E-state index contributed by atoms with van der Waals surface area (Å²) in [5, 5.41) is 16.4. The van der Waals surface area contributed by atoms with Crippen LogP contribution in [-0.4, -0.2) is 109 Å². The SMILES string of the molecule is CCC.COC(CC(=O)N1CCCC1C(OC)C(C)C(=O)NC(C)C(O)c1ccccc1)C(C1CCCCC1)N(C)C(=O)CNC(=O)C(C)(C)N. The van der Waals surface area contributed by atoms with Gasteiger partial charge in [-0.3, -0.25) is 19.2 Å². The third-order valence-corrected chi connectivity index (χ3v) is 10.2. The van der Waals surface area contributed by atoms with E-state index in [9.17, 15) is 24.3 Å². The van der Waals surface area contributed by atoms with E-state index in [1.54, 1.807) is 58.8 Å². The van der Waals surface area contributed by atoms with Crippen LogP contribution >= 0.6 is 0 Å². The van der Waals surface area contributed by atoms with Gasteiger partial charge in [0.05, 0.1) is 60.9 Å². The Labute approximate surface area is 306 Å². The normalized spacial score (nSPS) is 20.1. The molecule has 1 aliphatic carbocycles. The van der Waals surface area contributed by atoms with E-state index in [2.05, 4.69) is 24.5 Å². The second-order valence-electron chi connectivity index (χ2n) is 14.9. The van der Waals surface area contributed by atoms with Gasteiger partial charge in [0.25, 0.3) is 0 Å². The number of benzene rings is 1. The van der Waals surface area contributed by atoms with Gasteiger partial charge in [0.15, 0.2) is 0 Å². The predicted octanol–water partition coefficient (Wildman–Crippen LogP) is 3.95. The Bertz CT molecular complexity index is 1220. The Balaban J connectivity index is 0.00000290. The number of amides is 4. The van der Waals surface area contributed by atoms with Gasteiger partial charge >= 0.3 is 0 Å². The number of likely N-dealkylation sites (tertiary alicyclic amines) is 1. The maximum absolute atomic E-state index is 14.0. The highest BCUT2D eigenvalue weighted by Gasteiger charge is 2.43. The van der Waals surface area contributed by atoms with Crippen molar-refractivity contribution in [2.75, 3.05) is 34.4 Å². The lowest BCUT2D eigenvalue weighted by atomic mass is 9.80. The predicted molar refractivity (Wildman–Crippen MR) is 199 cm³/mol. The smallest absolute Gasteiger partial charge is 0.242 e. The molecular formula is C39H67N5O7. The van der Waals surface area contributed by atoms with Crippen molar-refractivity contribution >= 4 is 23.6 Å². The van der Waals surface area contributed by atoms with E-state index in [1.807, 2.05) is 30.3 Å². The number of aliphatic hydroxyl groups excluding tert-OH is 1. The number of aliphatic hydroxyl groups is 1. The van der Waals surface area contributed by atoms with Crippen molar-refractivity contribution in [3.8, 4) is 0 Å². The lowest BCUT2D eigenvalue weighted by Crippen LogP contribution is -2.56. The molecule has 1 aliphatic heterocycles. The van der Waals surface area contributed by atoms with E-state index >= 15 is 0 Å². The second-order valence-corrected chi connectivity index (χ2v) is 14.9. The lowest BCUT2D eigenvalue weighted by molar-refractivity contribution is -0.146. The number of likely N-dealkylation sites (N-methyl/N-ethyl adjacent to an activating group) is 1. The minimum Gasteiger partial charge on any atom is -0.386 e. The van der Waals surface area contributed by atoms with E-state index in [4.69, 9.17) is 15.2 Å². The van der Waals surface area contributed by atoms with Gasteiger partial charge in [-0.25, -0.2) is 0 Å². The lowest BCUT2D eigenvalue weighted by Gasteiger charge is -2.41. The van der Waals surface area contributed by atoms with Crippen molar-refractivity contribution in [1.29, 1.82) is 0 Å². The van der Waals surface area contributed by atoms with Gasteiger partial charge in [0.2, 0.25) is 23.6 Å². The third kappa shape index (κ3) is 12.8. The number of ether oxygens (including phenoxy) is 2. The fourth-order valence-electron chi connectivity index (χ4n) is 7.31. The number of carbonyl (C=O) groups is 4. The number of hydrogen-bond acceptors (Lipinski definition) is 8. The molecule has 0 radical (unpaired) electrons. The minimum absolute atomic E-state index is 0.0608. The molecule has 5 N–H and O–H groups in total. The zero-order valence-electron chi connectivity index (χ0n) is 32.7. The highest BCUT2D eigenvalue weighted by molar-refractivity contribution is 5.89. The van der Waals surface area contributed by atoms with Crippen molar-refractivity contribution in [1.82, 2.24) is 20.4 Å². The van der Waals surface area contributed by atoms with Crippen LogP contribution < -0.4 is 16.4 Å². The number of hydrogen-bond donors (Lipinski definition) is 4. The van der Waals surface area contributed by atoms with Crippen LogP contribution in [0.2, 0.25) is 0 Å². The Hall–Kier alpha value is -3.06. The Morgan fingerprint density at radius 2 is 1.61 bits per heavy atom. The second kappa shape index (κ2) is 21.5. The molecule has 3 rings (SSSR count). The van der Waals surface area contributed by atoms with Crippen LogP contribution in [0.5, 0.6) is 0 Å². The molecule has 1 heterocycles. The van der Waals surface area contributed by atoms with Crippen molar-refractivity contribution in [2.45, 2.75) is 141 Å². The zero-order valence-corrected chi connectivity index (χ0v) is 32.7. The first-order valence-electron chi connectivity index (χ1n) is 18.8. The summed E-state index contributed by atoms with van der Waals surface area (Å²) in [7, 11) is 4.84. The largest absolute Gasteiger partial charge is 0.386 e. The summed E-state index contributed by atoms with van der Waals surface area (Å²) in [6, 6.07) is 7.96. The topological polar surface area (TPSA) is 164 Å². The molecule has 1 saturated carbocycles. The molecule has 12 heteroatoms. The van der Waals surface area contributed by atoms with Gasteiger partial charge in [-0.05, 0) is 57.9 Å². The standard InChI is InChI=1S/C36H59N5O7.C3H8/c1-23(34(45)39-24(2)32(44)26-17-12-9-13-18-26)33(48-7)27-19-14-20-41(27)29(42)21-28(47-6)31(25-15-10-8-11-16-25)40(5)30(43)22-38-35(46)36(3,4)37;1-3-2/h9,12-13,17-18,23-25,27-28,31-33,44H,8,10-11,14-16,19-22,37H2,1-7H3,(H,38,46)(H,39,45);3H2,1-2H3. The summed E-state index contributed by atoms with van der Waals surface area (Å²) in [5.74, 6) is -1.53. The van der Waals surface area contributed by atoms with Crippen LogP contribution in [-0.2, 0) is 28.7 Å². The number of carbonyl (C=O) groups excluding carboxylic acids is 4. The van der Waals surface area contributed by atoms with Crippen LogP contribution in [0.15, 0.2) is 30.3 Å². The van der Waals surface area contributed by atoms with Crippen molar-refractivity contribution in [3.63, 3.8) is 0 Å². The fourth-order valence-corrected chi connectivity index (χ4v) is 7.31. The summed E-state index contributed by atoms with van der Waals surface area (Å²) in [5.41, 5.74) is 5.49. The van der Waals surface area contributed by atoms with E-state index in [-0.39, 0.29) is 48.7 Å². The fraction of sp³-hybridized carbons (Fsp3) is 0.744. The van der Waals surface area contributed by atoms with Crippen molar-refractivity contribution in [2.24, 2.45) is 17.6 Å². The Morgan fingerprint density at radius 1 is 1.00 bits per heavy atom. The van der Waals surface area contributed by atoms with Gasteiger partial charge in [-0.15, -0.1) is 0 Å². The molecule has 1 saturated heterocycles. The molecule has 4 amide bonds. The average Bonchev–Trinajstić information content (AvgIpc) is 3.60. The molecule has 1 aromatic rings. The molecule has 290 valence electrons. The van der Waals surface area contributed by atoms with E-state index < -0.39 is 41.7 Å². The third-order valence-electron chi connectivity index (χ3n) is 10.2. The maximum atomic E-state index is 14.0. The first-order chi connectivity index (χ1) is 24.1. The monoisotopic (exact) mass is 718 g/mol. The van der Waals surface area contributed by atoms with Gasteiger partial charge < -0.3 is 40.7 Å². The zero-order chi connectivity index (χ0) is 38.3. The highest BCUT2D eigenvalue weighted by atomic mass is 16.5. The molecule has 12 nitrogen and oxygen atoms in total. The van der Waals surface area contributed by atoms with Gasteiger partial charge in [0.1, 0.15) is 0 Å². The van der Waals surface area contributed by atoms with Crippen LogP contribution in [0, 0.1) is 11.8 Å². The van der Waals surface area contributed by atoms with E-state index in [0.717, 1.165) is 38.5 Å². The summed E-state index contributed by atoms with van der Waals surface area (Å²) in [6.07, 6.45) is 5.80. The molecule has 1 aromatic carbocycles. The molecular weight excluding hydrogens is 650 g/mol. The van der Waals surface area contributed by atoms with Gasteiger partial charge in [0, 0.05) is 27.8 Å². The summed E-state index contributed by atoms with van der Waals surface area (Å²) in [6.45, 7) is 11.3. The maximum Gasteiger partial charge on any atom is 0.242 e. The summed E-state index contributed by atoms with van der Waals surface area (Å²) < 4.78 is 11.9.